The number of rotatable bonds is 3. The zero-order valence-electron chi connectivity index (χ0n) is 13.1. The molecule has 2 aromatic carbocycles. The SMILES string of the molecule is N#Cc1ccc(C(O)CN2Cc3ccccc3C3(CC3)C2)cc1. The first-order valence-corrected chi connectivity index (χ1v) is 8.19. The summed E-state index contributed by atoms with van der Waals surface area (Å²) in [5, 5.41) is 19.4. The fourth-order valence-corrected chi connectivity index (χ4v) is 3.82. The van der Waals surface area contributed by atoms with Crippen molar-refractivity contribution in [1.82, 2.24) is 4.90 Å². The predicted molar refractivity (Wildman–Crippen MR) is 88.7 cm³/mol. The summed E-state index contributed by atoms with van der Waals surface area (Å²) in [6.07, 6.45) is 2.00. The van der Waals surface area contributed by atoms with E-state index in [9.17, 15) is 5.11 Å². The third-order valence-corrected chi connectivity index (χ3v) is 5.22. The summed E-state index contributed by atoms with van der Waals surface area (Å²) in [5.74, 6) is 0. The number of aliphatic hydroxyl groups is 1. The monoisotopic (exact) mass is 304 g/mol. The Morgan fingerprint density at radius 2 is 1.87 bits per heavy atom. The average molecular weight is 304 g/mol. The lowest BCUT2D eigenvalue weighted by atomic mass is 9.87. The van der Waals surface area contributed by atoms with E-state index in [0.29, 0.717) is 17.5 Å². The molecule has 0 amide bonds. The molecule has 23 heavy (non-hydrogen) atoms. The summed E-state index contributed by atoms with van der Waals surface area (Å²) in [7, 11) is 0. The van der Waals surface area contributed by atoms with E-state index in [1.807, 2.05) is 12.1 Å². The highest BCUT2D eigenvalue weighted by Crippen LogP contribution is 2.52. The Balaban J connectivity index is 1.50. The molecule has 1 saturated carbocycles. The van der Waals surface area contributed by atoms with E-state index < -0.39 is 6.10 Å². The molecule has 4 rings (SSSR count). The van der Waals surface area contributed by atoms with Gasteiger partial charge in [-0.1, -0.05) is 36.4 Å². The smallest absolute Gasteiger partial charge is 0.0991 e. The molecule has 0 radical (unpaired) electrons. The molecule has 1 N–H and O–H groups in total. The highest BCUT2D eigenvalue weighted by atomic mass is 16.3. The minimum Gasteiger partial charge on any atom is -0.387 e. The summed E-state index contributed by atoms with van der Waals surface area (Å²) in [6.45, 7) is 2.59. The normalized spacial score (nSPS) is 19.8. The zero-order valence-corrected chi connectivity index (χ0v) is 13.1. The van der Waals surface area contributed by atoms with Gasteiger partial charge in [0.2, 0.25) is 0 Å². The number of hydrogen-bond donors (Lipinski definition) is 1. The van der Waals surface area contributed by atoms with Crippen LogP contribution in [0.3, 0.4) is 0 Å². The van der Waals surface area contributed by atoms with Crippen molar-refractivity contribution in [3.8, 4) is 6.07 Å². The van der Waals surface area contributed by atoms with Crippen molar-refractivity contribution < 1.29 is 5.11 Å². The van der Waals surface area contributed by atoms with E-state index in [0.717, 1.165) is 18.7 Å². The van der Waals surface area contributed by atoms with Gasteiger partial charge < -0.3 is 5.11 Å². The molecule has 2 aliphatic rings. The molecular formula is C20H20N2O. The second-order valence-corrected chi connectivity index (χ2v) is 6.86. The summed E-state index contributed by atoms with van der Waals surface area (Å²) in [6, 6.07) is 18.1. The lowest BCUT2D eigenvalue weighted by Gasteiger charge is -2.36. The number of β-amino-alcohol motifs (C(OH)–C–C–N with tert-alkyl or cyclic N) is 1. The molecule has 1 fully saturated rings. The van der Waals surface area contributed by atoms with Crippen LogP contribution >= 0.6 is 0 Å². The first-order chi connectivity index (χ1) is 11.2. The van der Waals surface area contributed by atoms with E-state index in [4.69, 9.17) is 5.26 Å². The maximum absolute atomic E-state index is 10.6. The minimum atomic E-state index is -0.510. The Labute approximate surface area is 136 Å². The number of fused-ring (bicyclic) bond motifs is 2. The number of nitriles is 1. The average Bonchev–Trinajstić information content (AvgIpc) is 3.35. The van der Waals surface area contributed by atoms with E-state index >= 15 is 0 Å². The van der Waals surface area contributed by atoms with Crippen LogP contribution in [0.25, 0.3) is 0 Å². The zero-order chi connectivity index (χ0) is 15.9. The standard InChI is InChI=1S/C20H20N2O/c21-11-15-5-7-16(8-6-15)19(23)13-22-12-17-3-1-2-4-18(17)20(14-22)9-10-20/h1-8,19,23H,9-10,12-14H2. The molecule has 2 aromatic rings. The van der Waals surface area contributed by atoms with Gasteiger partial charge in [-0.3, -0.25) is 4.90 Å². The number of aliphatic hydroxyl groups excluding tert-OH is 1. The molecule has 1 aliphatic carbocycles. The summed E-state index contributed by atoms with van der Waals surface area (Å²) in [5.41, 5.74) is 4.77. The number of benzene rings is 2. The molecule has 3 heteroatoms. The Morgan fingerprint density at radius 1 is 1.13 bits per heavy atom. The van der Waals surface area contributed by atoms with Gasteiger partial charge in [-0.2, -0.15) is 5.26 Å². The van der Waals surface area contributed by atoms with Gasteiger partial charge >= 0.3 is 0 Å². The van der Waals surface area contributed by atoms with Crippen LogP contribution < -0.4 is 0 Å². The second kappa shape index (κ2) is 5.49. The van der Waals surface area contributed by atoms with Crippen LogP contribution in [0.5, 0.6) is 0 Å². The quantitative estimate of drug-likeness (QED) is 0.947. The van der Waals surface area contributed by atoms with Gasteiger partial charge in [-0.15, -0.1) is 0 Å². The van der Waals surface area contributed by atoms with Crippen molar-refractivity contribution in [3.63, 3.8) is 0 Å². The van der Waals surface area contributed by atoms with E-state index in [2.05, 4.69) is 35.2 Å². The van der Waals surface area contributed by atoms with Crippen LogP contribution in [0, 0.1) is 11.3 Å². The van der Waals surface area contributed by atoms with Crippen LogP contribution in [0.15, 0.2) is 48.5 Å². The third-order valence-electron chi connectivity index (χ3n) is 5.22. The van der Waals surface area contributed by atoms with Crippen LogP contribution in [0.2, 0.25) is 0 Å². The van der Waals surface area contributed by atoms with Gasteiger partial charge in [0.05, 0.1) is 17.7 Å². The summed E-state index contributed by atoms with van der Waals surface area (Å²) >= 11 is 0. The van der Waals surface area contributed by atoms with Gasteiger partial charge in [0, 0.05) is 25.0 Å². The molecule has 1 heterocycles. The van der Waals surface area contributed by atoms with Crippen molar-refractivity contribution in [3.05, 3.63) is 70.8 Å². The first kappa shape index (κ1) is 14.4. The molecule has 1 unspecified atom stereocenters. The van der Waals surface area contributed by atoms with Gasteiger partial charge in [-0.25, -0.2) is 0 Å². The molecule has 116 valence electrons. The Morgan fingerprint density at radius 3 is 2.57 bits per heavy atom. The van der Waals surface area contributed by atoms with Crippen molar-refractivity contribution in [1.29, 1.82) is 5.26 Å². The van der Waals surface area contributed by atoms with Crippen LogP contribution in [0.4, 0.5) is 0 Å². The van der Waals surface area contributed by atoms with Crippen molar-refractivity contribution in [2.24, 2.45) is 0 Å². The van der Waals surface area contributed by atoms with Crippen LogP contribution in [-0.4, -0.2) is 23.1 Å². The Hall–Kier alpha value is -2.15. The lowest BCUT2D eigenvalue weighted by molar-refractivity contribution is 0.0972. The highest BCUT2D eigenvalue weighted by Gasteiger charge is 2.48. The topological polar surface area (TPSA) is 47.3 Å². The highest BCUT2D eigenvalue weighted by molar-refractivity contribution is 5.41. The van der Waals surface area contributed by atoms with Crippen molar-refractivity contribution in [2.75, 3.05) is 13.1 Å². The molecule has 1 atom stereocenters. The summed E-state index contributed by atoms with van der Waals surface area (Å²) < 4.78 is 0. The molecule has 3 nitrogen and oxygen atoms in total. The predicted octanol–water partition coefficient (Wildman–Crippen LogP) is 3.14. The minimum absolute atomic E-state index is 0.333. The van der Waals surface area contributed by atoms with Crippen molar-refractivity contribution in [2.45, 2.75) is 30.9 Å². The number of nitrogens with zero attached hydrogens (tertiary/aromatic N) is 2. The molecular weight excluding hydrogens is 284 g/mol. The Bertz CT molecular complexity index is 756. The van der Waals surface area contributed by atoms with E-state index in [1.54, 1.807) is 12.1 Å². The third kappa shape index (κ3) is 2.65. The maximum atomic E-state index is 10.6. The van der Waals surface area contributed by atoms with E-state index in [-0.39, 0.29) is 0 Å². The van der Waals surface area contributed by atoms with Gasteiger partial charge in [0.15, 0.2) is 0 Å². The fraction of sp³-hybridized carbons (Fsp3) is 0.350. The molecule has 0 bridgehead atoms. The fourth-order valence-electron chi connectivity index (χ4n) is 3.82. The van der Waals surface area contributed by atoms with Crippen LogP contribution in [-0.2, 0) is 12.0 Å². The largest absolute Gasteiger partial charge is 0.387 e. The second-order valence-electron chi connectivity index (χ2n) is 6.86. The molecule has 0 saturated heterocycles. The lowest BCUT2D eigenvalue weighted by Crippen LogP contribution is -2.40. The van der Waals surface area contributed by atoms with Crippen molar-refractivity contribution >= 4 is 0 Å². The molecule has 1 aliphatic heterocycles. The molecule has 1 spiro atoms. The van der Waals surface area contributed by atoms with Gasteiger partial charge in [0.1, 0.15) is 0 Å². The Kier molecular flexibility index (Phi) is 3.45. The maximum Gasteiger partial charge on any atom is 0.0991 e. The van der Waals surface area contributed by atoms with Gasteiger partial charge in [0.25, 0.3) is 0 Å². The first-order valence-electron chi connectivity index (χ1n) is 8.19. The van der Waals surface area contributed by atoms with Gasteiger partial charge in [-0.05, 0) is 41.7 Å². The molecule has 0 aromatic heterocycles. The van der Waals surface area contributed by atoms with Crippen LogP contribution in [0.1, 0.15) is 41.2 Å². The number of hydrogen-bond acceptors (Lipinski definition) is 3. The van der Waals surface area contributed by atoms with E-state index in [1.165, 1.54) is 24.0 Å². The summed E-state index contributed by atoms with van der Waals surface area (Å²) in [4.78, 5) is 2.37.